The first-order chi connectivity index (χ1) is 8.76. The van der Waals surface area contributed by atoms with Crippen LogP contribution in [0, 0.1) is 12.8 Å². The molecule has 0 aliphatic carbocycles. The van der Waals surface area contributed by atoms with Crippen LogP contribution in [0.25, 0.3) is 0 Å². The molecule has 1 aromatic rings. The van der Waals surface area contributed by atoms with Crippen LogP contribution in [-0.4, -0.2) is 36.2 Å². The lowest BCUT2D eigenvalue weighted by Gasteiger charge is -2.20. The maximum absolute atomic E-state index is 5.62. The van der Waals surface area contributed by atoms with Gasteiger partial charge in [-0.1, -0.05) is 0 Å². The summed E-state index contributed by atoms with van der Waals surface area (Å²) < 4.78 is 5.51. The van der Waals surface area contributed by atoms with Gasteiger partial charge in [-0.25, -0.2) is 9.97 Å². The van der Waals surface area contributed by atoms with Crippen molar-refractivity contribution >= 4 is 5.82 Å². The van der Waals surface area contributed by atoms with Gasteiger partial charge in [0.25, 0.3) is 0 Å². The molecule has 1 fully saturated rings. The van der Waals surface area contributed by atoms with E-state index in [0.717, 1.165) is 37.4 Å². The van der Waals surface area contributed by atoms with Crippen LogP contribution in [0.1, 0.15) is 25.3 Å². The molecule has 1 aliphatic rings. The fourth-order valence-electron chi connectivity index (χ4n) is 2.52. The highest BCUT2D eigenvalue weighted by atomic mass is 16.5. The zero-order chi connectivity index (χ0) is 13.0. The second-order valence-corrected chi connectivity index (χ2v) is 4.74. The number of ether oxygens (including phenoxy) is 1. The third kappa shape index (κ3) is 2.72. The van der Waals surface area contributed by atoms with Crippen LogP contribution in [0.15, 0.2) is 6.33 Å². The molecular formula is C13H22N4O. The molecule has 0 spiro atoms. The SMILES string of the molecule is CCOc1ncnc(N2CCC(CCN)C2)c1C. The topological polar surface area (TPSA) is 64.3 Å². The Labute approximate surface area is 108 Å². The summed E-state index contributed by atoms with van der Waals surface area (Å²) in [6, 6.07) is 0. The van der Waals surface area contributed by atoms with Crippen molar-refractivity contribution in [2.45, 2.75) is 26.7 Å². The van der Waals surface area contributed by atoms with Crippen LogP contribution < -0.4 is 15.4 Å². The van der Waals surface area contributed by atoms with Gasteiger partial charge in [0.15, 0.2) is 0 Å². The van der Waals surface area contributed by atoms with Crippen LogP contribution >= 0.6 is 0 Å². The predicted molar refractivity (Wildman–Crippen MR) is 71.9 cm³/mol. The third-order valence-electron chi connectivity index (χ3n) is 3.45. The molecule has 5 heteroatoms. The number of hydrogen-bond donors (Lipinski definition) is 1. The number of hydrogen-bond acceptors (Lipinski definition) is 5. The van der Waals surface area contributed by atoms with Crippen molar-refractivity contribution in [3.63, 3.8) is 0 Å². The molecule has 0 amide bonds. The molecule has 1 atom stereocenters. The molecule has 2 heterocycles. The van der Waals surface area contributed by atoms with Crippen LogP contribution in [0.3, 0.4) is 0 Å². The molecular weight excluding hydrogens is 228 g/mol. The van der Waals surface area contributed by atoms with Crippen molar-refractivity contribution in [1.82, 2.24) is 9.97 Å². The van der Waals surface area contributed by atoms with Gasteiger partial charge < -0.3 is 15.4 Å². The third-order valence-corrected chi connectivity index (χ3v) is 3.45. The van der Waals surface area contributed by atoms with Crippen LogP contribution in [0.5, 0.6) is 5.88 Å². The minimum absolute atomic E-state index is 0.632. The largest absolute Gasteiger partial charge is 0.478 e. The van der Waals surface area contributed by atoms with Crippen molar-refractivity contribution in [1.29, 1.82) is 0 Å². The summed E-state index contributed by atoms with van der Waals surface area (Å²) in [5.41, 5.74) is 6.66. The Kier molecular flexibility index (Phi) is 4.36. The first-order valence-corrected chi connectivity index (χ1v) is 6.65. The summed E-state index contributed by atoms with van der Waals surface area (Å²) in [6.45, 7) is 7.48. The first-order valence-electron chi connectivity index (χ1n) is 6.65. The van der Waals surface area contributed by atoms with Crippen molar-refractivity contribution in [2.75, 3.05) is 31.1 Å². The van der Waals surface area contributed by atoms with Crippen LogP contribution in [0.4, 0.5) is 5.82 Å². The lowest BCUT2D eigenvalue weighted by molar-refractivity contribution is 0.323. The van der Waals surface area contributed by atoms with Gasteiger partial charge in [-0.2, -0.15) is 0 Å². The number of rotatable bonds is 5. The Morgan fingerprint density at radius 1 is 1.50 bits per heavy atom. The quantitative estimate of drug-likeness (QED) is 0.854. The zero-order valence-electron chi connectivity index (χ0n) is 11.2. The van der Waals surface area contributed by atoms with Gasteiger partial charge >= 0.3 is 0 Å². The minimum Gasteiger partial charge on any atom is -0.478 e. The molecule has 0 aromatic carbocycles. The highest BCUT2D eigenvalue weighted by Crippen LogP contribution is 2.29. The van der Waals surface area contributed by atoms with Crippen LogP contribution in [0.2, 0.25) is 0 Å². The van der Waals surface area contributed by atoms with Gasteiger partial charge in [0.05, 0.1) is 12.2 Å². The Balaban J connectivity index is 2.12. The predicted octanol–water partition coefficient (Wildman–Crippen LogP) is 1.36. The van der Waals surface area contributed by atoms with E-state index in [1.165, 1.54) is 6.42 Å². The maximum Gasteiger partial charge on any atom is 0.221 e. The van der Waals surface area contributed by atoms with Gasteiger partial charge in [0, 0.05) is 13.1 Å². The smallest absolute Gasteiger partial charge is 0.221 e. The van der Waals surface area contributed by atoms with Gasteiger partial charge in [-0.05, 0) is 39.2 Å². The van der Waals surface area contributed by atoms with Crippen molar-refractivity contribution in [3.8, 4) is 5.88 Å². The van der Waals surface area contributed by atoms with E-state index in [4.69, 9.17) is 10.5 Å². The summed E-state index contributed by atoms with van der Waals surface area (Å²) >= 11 is 0. The zero-order valence-corrected chi connectivity index (χ0v) is 11.2. The van der Waals surface area contributed by atoms with Gasteiger partial charge in [0.2, 0.25) is 5.88 Å². The van der Waals surface area contributed by atoms with E-state index >= 15 is 0 Å². The monoisotopic (exact) mass is 250 g/mol. The van der Waals surface area contributed by atoms with E-state index < -0.39 is 0 Å². The normalized spacial score (nSPS) is 19.3. The summed E-state index contributed by atoms with van der Waals surface area (Å²) in [5, 5.41) is 0. The molecule has 1 unspecified atom stereocenters. The van der Waals surface area contributed by atoms with E-state index in [0.29, 0.717) is 18.4 Å². The number of aromatic nitrogens is 2. The second kappa shape index (κ2) is 6.00. The Bertz CT molecular complexity index is 397. The van der Waals surface area contributed by atoms with Gasteiger partial charge in [-0.15, -0.1) is 0 Å². The highest BCUT2D eigenvalue weighted by Gasteiger charge is 2.24. The summed E-state index contributed by atoms with van der Waals surface area (Å²) in [5.74, 6) is 2.40. The number of nitrogens with two attached hydrogens (primary N) is 1. The Morgan fingerprint density at radius 2 is 2.33 bits per heavy atom. The van der Waals surface area contributed by atoms with E-state index in [2.05, 4.69) is 14.9 Å². The summed E-state index contributed by atoms with van der Waals surface area (Å²) in [7, 11) is 0. The molecule has 1 saturated heterocycles. The van der Waals surface area contributed by atoms with E-state index in [1.54, 1.807) is 6.33 Å². The molecule has 0 bridgehead atoms. The van der Waals surface area contributed by atoms with E-state index in [9.17, 15) is 0 Å². The molecule has 0 saturated carbocycles. The van der Waals surface area contributed by atoms with Gasteiger partial charge in [-0.3, -0.25) is 0 Å². The summed E-state index contributed by atoms with van der Waals surface area (Å²) in [6.07, 6.45) is 3.88. The molecule has 100 valence electrons. The van der Waals surface area contributed by atoms with Crippen molar-refractivity contribution < 1.29 is 4.74 Å². The molecule has 1 aliphatic heterocycles. The first kappa shape index (κ1) is 13.1. The van der Waals surface area contributed by atoms with Crippen molar-refractivity contribution in [2.24, 2.45) is 11.7 Å². The maximum atomic E-state index is 5.62. The average Bonchev–Trinajstić information content (AvgIpc) is 2.81. The number of anilines is 1. The molecule has 1 aromatic heterocycles. The fourth-order valence-corrected chi connectivity index (χ4v) is 2.52. The van der Waals surface area contributed by atoms with Gasteiger partial charge in [0.1, 0.15) is 12.1 Å². The second-order valence-electron chi connectivity index (χ2n) is 4.74. The average molecular weight is 250 g/mol. The van der Waals surface area contributed by atoms with E-state index in [1.807, 2.05) is 13.8 Å². The lowest BCUT2D eigenvalue weighted by atomic mass is 10.1. The molecule has 18 heavy (non-hydrogen) atoms. The van der Waals surface area contributed by atoms with Crippen LogP contribution in [-0.2, 0) is 0 Å². The number of nitrogens with zero attached hydrogens (tertiary/aromatic N) is 3. The fraction of sp³-hybridized carbons (Fsp3) is 0.692. The lowest BCUT2D eigenvalue weighted by Crippen LogP contribution is -2.23. The summed E-state index contributed by atoms with van der Waals surface area (Å²) in [4.78, 5) is 10.9. The van der Waals surface area contributed by atoms with E-state index in [-0.39, 0.29) is 0 Å². The molecule has 2 rings (SSSR count). The van der Waals surface area contributed by atoms with Crippen molar-refractivity contribution in [3.05, 3.63) is 11.9 Å². The molecule has 5 nitrogen and oxygen atoms in total. The minimum atomic E-state index is 0.632. The molecule has 2 N–H and O–H groups in total. The standard InChI is InChI=1S/C13H22N4O/c1-3-18-13-10(2)12(15-9-16-13)17-7-5-11(8-17)4-6-14/h9,11H,3-8,14H2,1-2H3. The Morgan fingerprint density at radius 3 is 3.06 bits per heavy atom. The Hall–Kier alpha value is -1.36. The molecule has 0 radical (unpaired) electrons. The highest BCUT2D eigenvalue weighted by molar-refractivity contribution is 5.50.